The van der Waals surface area contributed by atoms with E-state index in [1.54, 1.807) is 24.8 Å². The molecule has 0 fully saturated rings. The second-order valence-corrected chi connectivity index (χ2v) is 7.24. The van der Waals surface area contributed by atoms with Crippen LogP contribution in [0.4, 0.5) is 5.69 Å². The van der Waals surface area contributed by atoms with Crippen LogP contribution in [-0.2, 0) is 0 Å². The number of nitrogens with one attached hydrogen (secondary N) is 2. The highest BCUT2D eigenvalue weighted by molar-refractivity contribution is 5.98. The second kappa shape index (κ2) is 6.74. The maximum atomic E-state index is 5.90. The molecule has 0 radical (unpaired) electrons. The molecule has 6 aromatic heterocycles. The van der Waals surface area contributed by atoms with Crippen LogP contribution in [0, 0.1) is 0 Å². The van der Waals surface area contributed by atoms with Crippen molar-refractivity contribution >= 4 is 27.8 Å². The quantitative estimate of drug-likeness (QED) is 0.406. The maximum Gasteiger partial charge on any atom is 0.140 e. The lowest BCUT2D eigenvalue weighted by molar-refractivity contribution is 1.30. The van der Waals surface area contributed by atoms with E-state index in [9.17, 15) is 0 Å². The third-order valence-electron chi connectivity index (χ3n) is 5.25. The zero-order valence-corrected chi connectivity index (χ0v) is 16.2. The average molecular weight is 404 g/mol. The van der Waals surface area contributed by atoms with Crippen LogP contribution in [-0.4, -0.2) is 34.9 Å². The number of H-pyrrole nitrogens is 2. The van der Waals surface area contributed by atoms with Crippen molar-refractivity contribution in [1.82, 2.24) is 34.9 Å². The minimum absolute atomic E-state index is 0.611. The number of fused-ring (bicyclic) bond motifs is 2. The highest BCUT2D eigenvalue weighted by atomic mass is 14.9. The van der Waals surface area contributed by atoms with E-state index in [2.05, 4.69) is 36.0 Å². The van der Waals surface area contributed by atoms with Crippen molar-refractivity contribution < 1.29 is 0 Å². The summed E-state index contributed by atoms with van der Waals surface area (Å²) in [6.07, 6.45) is 14.3. The summed E-state index contributed by atoms with van der Waals surface area (Å²) in [6, 6.07) is 7.85. The number of aromatic nitrogens is 7. The van der Waals surface area contributed by atoms with Crippen molar-refractivity contribution in [2.24, 2.45) is 0 Å². The monoisotopic (exact) mass is 404 g/mol. The van der Waals surface area contributed by atoms with Crippen LogP contribution >= 0.6 is 0 Å². The molecule has 0 aliphatic carbocycles. The lowest BCUT2D eigenvalue weighted by atomic mass is 10.1. The summed E-state index contributed by atoms with van der Waals surface area (Å²) in [4.78, 5) is 28.9. The van der Waals surface area contributed by atoms with Crippen LogP contribution in [0.25, 0.3) is 55.7 Å². The summed E-state index contributed by atoms with van der Waals surface area (Å²) in [7, 11) is 0. The summed E-state index contributed by atoms with van der Waals surface area (Å²) in [6.45, 7) is 0. The number of hydrogen-bond acceptors (Lipinski definition) is 6. The maximum absolute atomic E-state index is 5.90. The smallest absolute Gasteiger partial charge is 0.140 e. The zero-order chi connectivity index (χ0) is 20.8. The average Bonchev–Trinajstić information content (AvgIpc) is 3.43. The SMILES string of the molecule is Nc1cncc(-c2cnc3[nH]cc(-c4nc5c(-c6cccnc6)cncc5[nH]4)c3c2)c1. The van der Waals surface area contributed by atoms with Gasteiger partial charge in [-0.25, -0.2) is 9.97 Å². The van der Waals surface area contributed by atoms with Crippen LogP contribution < -0.4 is 5.73 Å². The van der Waals surface area contributed by atoms with E-state index < -0.39 is 0 Å². The number of nitrogens with two attached hydrogens (primary N) is 1. The summed E-state index contributed by atoms with van der Waals surface area (Å²) in [5.41, 5.74) is 13.7. The van der Waals surface area contributed by atoms with Gasteiger partial charge in [0.05, 0.1) is 22.9 Å². The standard InChI is InChI=1S/C23H16N8/c24-16-4-14(7-26-9-16)15-5-17-19(11-29-22(17)28-8-15)23-30-20-12-27-10-18(21(20)31-23)13-2-1-3-25-6-13/h1-12H,24H2,(H,28,29)(H,30,31). The Morgan fingerprint density at radius 3 is 2.55 bits per heavy atom. The Morgan fingerprint density at radius 1 is 0.806 bits per heavy atom. The largest absolute Gasteiger partial charge is 0.397 e. The number of rotatable bonds is 3. The molecule has 0 saturated heterocycles. The molecule has 8 heteroatoms. The van der Waals surface area contributed by atoms with Crippen molar-refractivity contribution in [3.8, 4) is 33.6 Å². The zero-order valence-electron chi connectivity index (χ0n) is 16.2. The predicted octanol–water partition coefficient (Wildman–Crippen LogP) is 4.21. The molecular formula is C23H16N8. The van der Waals surface area contributed by atoms with Gasteiger partial charge in [-0.1, -0.05) is 6.07 Å². The summed E-state index contributed by atoms with van der Waals surface area (Å²) >= 11 is 0. The number of nitrogen functional groups attached to an aromatic ring is 1. The van der Waals surface area contributed by atoms with Crippen LogP contribution in [0.2, 0.25) is 0 Å². The van der Waals surface area contributed by atoms with E-state index in [4.69, 9.17) is 10.7 Å². The number of nitrogens with zero attached hydrogens (tertiary/aromatic N) is 5. The molecule has 8 nitrogen and oxygen atoms in total. The highest BCUT2D eigenvalue weighted by Crippen LogP contribution is 2.33. The fraction of sp³-hybridized carbons (Fsp3) is 0. The highest BCUT2D eigenvalue weighted by Gasteiger charge is 2.15. The minimum Gasteiger partial charge on any atom is -0.397 e. The van der Waals surface area contributed by atoms with Crippen LogP contribution in [0.3, 0.4) is 0 Å². The van der Waals surface area contributed by atoms with Gasteiger partial charge in [-0.2, -0.15) is 0 Å². The Bertz CT molecular complexity index is 1550. The van der Waals surface area contributed by atoms with Gasteiger partial charge in [0.15, 0.2) is 0 Å². The van der Waals surface area contributed by atoms with Crippen molar-refractivity contribution in [1.29, 1.82) is 0 Å². The van der Waals surface area contributed by atoms with Crippen LogP contribution in [0.1, 0.15) is 0 Å². The summed E-state index contributed by atoms with van der Waals surface area (Å²) in [5, 5.41) is 0.954. The molecule has 0 aliphatic heterocycles. The summed E-state index contributed by atoms with van der Waals surface area (Å²) < 4.78 is 0. The molecule has 0 amide bonds. The number of hydrogen-bond donors (Lipinski definition) is 3. The molecule has 0 unspecified atom stereocenters. The Balaban J connectivity index is 1.51. The van der Waals surface area contributed by atoms with Gasteiger partial charge in [0, 0.05) is 76.6 Å². The molecule has 31 heavy (non-hydrogen) atoms. The Kier molecular flexibility index (Phi) is 3.76. The van der Waals surface area contributed by atoms with Gasteiger partial charge in [0.1, 0.15) is 11.5 Å². The van der Waals surface area contributed by atoms with Gasteiger partial charge < -0.3 is 15.7 Å². The lowest BCUT2D eigenvalue weighted by Crippen LogP contribution is -1.88. The fourth-order valence-corrected chi connectivity index (χ4v) is 3.77. The Morgan fingerprint density at radius 2 is 1.68 bits per heavy atom. The van der Waals surface area contributed by atoms with E-state index >= 15 is 0 Å². The van der Waals surface area contributed by atoms with Crippen LogP contribution in [0.15, 0.2) is 73.8 Å². The molecular weight excluding hydrogens is 388 g/mol. The molecule has 148 valence electrons. The Hall–Kier alpha value is -4.59. The van der Waals surface area contributed by atoms with Crippen LogP contribution in [0.5, 0.6) is 0 Å². The first-order valence-electron chi connectivity index (χ1n) is 9.69. The van der Waals surface area contributed by atoms with Gasteiger partial charge in [0.25, 0.3) is 0 Å². The van der Waals surface area contributed by atoms with E-state index in [0.29, 0.717) is 5.69 Å². The fourth-order valence-electron chi connectivity index (χ4n) is 3.77. The third-order valence-corrected chi connectivity index (χ3v) is 5.25. The number of aromatic amines is 2. The molecule has 6 rings (SSSR count). The Labute approximate surface area is 176 Å². The van der Waals surface area contributed by atoms with E-state index in [0.717, 1.165) is 55.7 Å². The molecule has 0 saturated carbocycles. The number of imidazole rings is 1. The van der Waals surface area contributed by atoms with Crippen molar-refractivity contribution in [3.63, 3.8) is 0 Å². The first kappa shape index (κ1) is 17.3. The van der Waals surface area contributed by atoms with Crippen molar-refractivity contribution in [3.05, 3.63) is 73.8 Å². The lowest BCUT2D eigenvalue weighted by Gasteiger charge is -2.03. The molecule has 0 bridgehead atoms. The van der Waals surface area contributed by atoms with E-state index in [1.807, 2.05) is 43.0 Å². The van der Waals surface area contributed by atoms with Crippen molar-refractivity contribution in [2.75, 3.05) is 5.73 Å². The molecule has 0 atom stereocenters. The van der Waals surface area contributed by atoms with Gasteiger partial charge in [-0.3, -0.25) is 15.0 Å². The normalized spacial score (nSPS) is 11.4. The van der Waals surface area contributed by atoms with Gasteiger partial charge in [-0.05, 0) is 18.2 Å². The molecule has 4 N–H and O–H groups in total. The predicted molar refractivity (Wildman–Crippen MR) is 120 cm³/mol. The molecule has 0 spiro atoms. The number of anilines is 1. The van der Waals surface area contributed by atoms with E-state index in [1.165, 1.54) is 0 Å². The second-order valence-electron chi connectivity index (χ2n) is 7.24. The molecule has 0 aliphatic rings. The van der Waals surface area contributed by atoms with Crippen molar-refractivity contribution in [2.45, 2.75) is 0 Å². The third kappa shape index (κ3) is 2.89. The number of pyridine rings is 4. The minimum atomic E-state index is 0.611. The van der Waals surface area contributed by atoms with Gasteiger partial charge >= 0.3 is 0 Å². The van der Waals surface area contributed by atoms with E-state index in [-0.39, 0.29) is 0 Å². The first-order chi connectivity index (χ1) is 15.3. The first-order valence-corrected chi connectivity index (χ1v) is 9.69. The topological polar surface area (TPSA) is 122 Å². The molecule has 0 aromatic carbocycles. The molecule has 6 aromatic rings. The summed E-state index contributed by atoms with van der Waals surface area (Å²) in [5.74, 6) is 0.740. The van der Waals surface area contributed by atoms with Gasteiger partial charge in [-0.15, -0.1) is 0 Å². The molecule has 6 heterocycles. The van der Waals surface area contributed by atoms with Gasteiger partial charge in [0.2, 0.25) is 0 Å².